The van der Waals surface area contributed by atoms with Gasteiger partial charge in [0.2, 0.25) is 0 Å². The molecule has 0 radical (unpaired) electrons. The van der Waals surface area contributed by atoms with Gasteiger partial charge in [-0.3, -0.25) is 4.79 Å². The van der Waals surface area contributed by atoms with E-state index in [1.807, 2.05) is 12.1 Å². The molecule has 1 amide bonds. The molecular weight excluding hydrogens is 321 g/mol. The topological polar surface area (TPSA) is 46.6 Å². The van der Waals surface area contributed by atoms with E-state index in [9.17, 15) is 14.0 Å². The lowest BCUT2D eigenvalue weighted by atomic mass is 9.98. The molecule has 4 rings (SSSR count). The van der Waals surface area contributed by atoms with Crippen molar-refractivity contribution < 1.29 is 18.7 Å². The highest BCUT2D eigenvalue weighted by atomic mass is 19.1. The van der Waals surface area contributed by atoms with Gasteiger partial charge in [-0.1, -0.05) is 36.4 Å². The molecule has 1 heterocycles. The van der Waals surface area contributed by atoms with Crippen LogP contribution < -0.4 is 0 Å². The predicted octanol–water partition coefficient (Wildman–Crippen LogP) is 3.10. The first-order chi connectivity index (χ1) is 12.1. The zero-order valence-corrected chi connectivity index (χ0v) is 13.7. The van der Waals surface area contributed by atoms with Crippen LogP contribution in [0.3, 0.4) is 0 Å². The lowest BCUT2D eigenvalue weighted by Crippen LogP contribution is -2.45. The van der Waals surface area contributed by atoms with Gasteiger partial charge in [0, 0.05) is 24.6 Å². The number of hydrogen-bond donors (Lipinski definition) is 0. The number of hydrogen-bond acceptors (Lipinski definition) is 3. The Morgan fingerprint density at radius 2 is 1.84 bits per heavy atom. The summed E-state index contributed by atoms with van der Waals surface area (Å²) in [6, 6.07) is 13.7. The summed E-state index contributed by atoms with van der Waals surface area (Å²) in [7, 11) is 0. The summed E-state index contributed by atoms with van der Waals surface area (Å²) in [6.07, 6.45) is 1.32. The zero-order valence-electron chi connectivity index (χ0n) is 13.7. The third-order valence-electron chi connectivity index (χ3n) is 4.74. The Labute approximate surface area is 145 Å². The largest absolute Gasteiger partial charge is 0.448 e. The Morgan fingerprint density at radius 3 is 2.60 bits per heavy atom. The maximum absolute atomic E-state index is 14.0. The van der Waals surface area contributed by atoms with Gasteiger partial charge in [0.25, 0.3) is 5.91 Å². The zero-order chi connectivity index (χ0) is 17.4. The van der Waals surface area contributed by atoms with E-state index in [-0.39, 0.29) is 24.3 Å². The van der Waals surface area contributed by atoms with Crippen LogP contribution in [0, 0.1) is 5.82 Å². The molecule has 0 saturated heterocycles. The van der Waals surface area contributed by atoms with Crippen LogP contribution in [0.4, 0.5) is 4.39 Å². The van der Waals surface area contributed by atoms with Crippen LogP contribution in [0.15, 0.2) is 48.5 Å². The number of nitrogens with zero attached hydrogens (tertiary/aromatic N) is 1. The Balaban J connectivity index is 1.56. The van der Waals surface area contributed by atoms with Crippen molar-refractivity contribution in [2.45, 2.75) is 38.0 Å². The maximum atomic E-state index is 14.0. The first kappa shape index (κ1) is 15.8. The van der Waals surface area contributed by atoms with Gasteiger partial charge in [-0.05, 0) is 30.5 Å². The lowest BCUT2D eigenvalue weighted by molar-refractivity contribution is -0.142. The number of amides is 1. The van der Waals surface area contributed by atoms with Crippen LogP contribution in [-0.2, 0) is 22.5 Å². The van der Waals surface area contributed by atoms with E-state index in [2.05, 4.69) is 0 Å². The Hall–Kier alpha value is -2.69. The van der Waals surface area contributed by atoms with Crippen molar-refractivity contribution in [3.05, 3.63) is 71.0 Å². The fourth-order valence-electron chi connectivity index (χ4n) is 3.24. The molecule has 1 aliphatic carbocycles. The van der Waals surface area contributed by atoms with E-state index in [0.717, 1.165) is 18.4 Å². The summed E-state index contributed by atoms with van der Waals surface area (Å²) < 4.78 is 19.4. The molecule has 1 unspecified atom stereocenters. The van der Waals surface area contributed by atoms with E-state index >= 15 is 0 Å². The fourth-order valence-corrected chi connectivity index (χ4v) is 3.24. The van der Waals surface area contributed by atoms with Gasteiger partial charge in [0.05, 0.1) is 5.56 Å². The number of carbonyl (C=O) groups excluding carboxylic acids is 2. The molecule has 1 aliphatic heterocycles. The number of fused-ring (bicyclic) bond motifs is 1. The molecule has 2 aromatic rings. The first-order valence-electron chi connectivity index (χ1n) is 8.46. The van der Waals surface area contributed by atoms with Crippen LogP contribution >= 0.6 is 0 Å². The molecule has 1 saturated carbocycles. The van der Waals surface area contributed by atoms with Gasteiger partial charge < -0.3 is 9.64 Å². The van der Waals surface area contributed by atoms with Crippen LogP contribution in [0.25, 0.3) is 0 Å². The van der Waals surface area contributed by atoms with E-state index in [1.54, 1.807) is 35.2 Å². The van der Waals surface area contributed by atoms with Gasteiger partial charge in [-0.2, -0.15) is 0 Å². The molecule has 2 aromatic carbocycles. The monoisotopic (exact) mass is 339 g/mol. The summed E-state index contributed by atoms with van der Waals surface area (Å²) in [5.74, 6) is -1.04. The lowest BCUT2D eigenvalue weighted by Gasteiger charge is -2.30. The Bertz CT molecular complexity index is 831. The van der Waals surface area contributed by atoms with Crippen molar-refractivity contribution in [3.8, 4) is 0 Å². The second kappa shape index (κ2) is 6.31. The minimum absolute atomic E-state index is 0.1000. The number of benzene rings is 2. The van der Waals surface area contributed by atoms with Crippen LogP contribution in [0.2, 0.25) is 0 Å². The molecule has 5 heteroatoms. The summed E-state index contributed by atoms with van der Waals surface area (Å²) in [5.41, 5.74) is 1.81. The Kier molecular flexibility index (Phi) is 3.99. The molecule has 0 spiro atoms. The van der Waals surface area contributed by atoms with Crippen LogP contribution in [0.5, 0.6) is 0 Å². The van der Waals surface area contributed by atoms with Gasteiger partial charge in [0.15, 0.2) is 6.10 Å². The number of rotatable bonds is 4. The number of carbonyl (C=O) groups is 2. The molecule has 128 valence electrons. The first-order valence-corrected chi connectivity index (χ1v) is 8.46. The standard InChI is InChI=1S/C20H18FNO3/c21-17-8-4-2-6-14(17)12-22(15-9-10-15)19(23)18-11-13-5-1-3-7-16(13)20(24)25-18/h1-8,15,18H,9-12H2. The van der Waals surface area contributed by atoms with Crippen LogP contribution in [-0.4, -0.2) is 28.9 Å². The van der Waals surface area contributed by atoms with Gasteiger partial charge in [-0.15, -0.1) is 0 Å². The quantitative estimate of drug-likeness (QED) is 0.804. The van der Waals surface area contributed by atoms with Crippen molar-refractivity contribution >= 4 is 11.9 Å². The number of cyclic esters (lactones) is 1. The highest BCUT2D eigenvalue weighted by Crippen LogP contribution is 2.31. The molecule has 0 aromatic heterocycles. The van der Waals surface area contributed by atoms with Crippen molar-refractivity contribution in [2.24, 2.45) is 0 Å². The molecule has 4 nitrogen and oxygen atoms in total. The molecule has 1 atom stereocenters. The number of halogens is 1. The molecule has 0 bridgehead atoms. The minimum atomic E-state index is -0.838. The Morgan fingerprint density at radius 1 is 1.12 bits per heavy atom. The molecular formula is C20H18FNO3. The second-order valence-corrected chi connectivity index (χ2v) is 6.54. The SMILES string of the molecule is O=C1OC(C(=O)N(Cc2ccccc2F)C2CC2)Cc2ccccc21. The number of ether oxygens (including phenoxy) is 1. The van der Waals surface area contributed by atoms with Crippen LogP contribution in [0.1, 0.15) is 34.3 Å². The smallest absolute Gasteiger partial charge is 0.339 e. The molecule has 1 fully saturated rings. The van der Waals surface area contributed by atoms with Crippen molar-refractivity contribution in [1.82, 2.24) is 4.90 Å². The van der Waals surface area contributed by atoms with E-state index in [0.29, 0.717) is 17.5 Å². The van der Waals surface area contributed by atoms with Gasteiger partial charge in [0.1, 0.15) is 5.82 Å². The highest BCUT2D eigenvalue weighted by molar-refractivity contribution is 5.95. The van der Waals surface area contributed by atoms with E-state index in [1.165, 1.54) is 6.07 Å². The maximum Gasteiger partial charge on any atom is 0.339 e. The molecule has 0 N–H and O–H groups in total. The van der Waals surface area contributed by atoms with E-state index < -0.39 is 12.1 Å². The fraction of sp³-hybridized carbons (Fsp3) is 0.300. The predicted molar refractivity (Wildman–Crippen MR) is 89.3 cm³/mol. The second-order valence-electron chi connectivity index (χ2n) is 6.54. The average Bonchev–Trinajstić information content (AvgIpc) is 3.45. The van der Waals surface area contributed by atoms with Crippen molar-refractivity contribution in [2.75, 3.05) is 0 Å². The summed E-state index contributed by atoms with van der Waals surface area (Å²) >= 11 is 0. The highest BCUT2D eigenvalue weighted by Gasteiger charge is 2.39. The van der Waals surface area contributed by atoms with Gasteiger partial charge >= 0.3 is 5.97 Å². The minimum Gasteiger partial charge on any atom is -0.448 e. The third kappa shape index (κ3) is 3.14. The number of esters is 1. The third-order valence-corrected chi connectivity index (χ3v) is 4.74. The summed E-state index contributed by atoms with van der Waals surface area (Å²) in [4.78, 5) is 26.8. The summed E-state index contributed by atoms with van der Waals surface area (Å²) in [5, 5.41) is 0. The van der Waals surface area contributed by atoms with Crippen molar-refractivity contribution in [3.63, 3.8) is 0 Å². The van der Waals surface area contributed by atoms with Gasteiger partial charge in [-0.25, -0.2) is 9.18 Å². The van der Waals surface area contributed by atoms with E-state index in [4.69, 9.17) is 4.74 Å². The van der Waals surface area contributed by atoms with Crippen molar-refractivity contribution in [1.29, 1.82) is 0 Å². The summed E-state index contributed by atoms with van der Waals surface area (Å²) in [6.45, 7) is 0.200. The molecule has 25 heavy (non-hydrogen) atoms. The average molecular weight is 339 g/mol. The molecule has 2 aliphatic rings. The normalized spacial score (nSPS) is 19.1.